The third-order valence-electron chi connectivity index (χ3n) is 7.93. The normalized spacial score (nSPS) is 15.3. The molecule has 1 saturated heterocycles. The number of benzene rings is 3. The molecule has 0 radical (unpaired) electrons. The summed E-state index contributed by atoms with van der Waals surface area (Å²) < 4.78 is 30.4. The van der Waals surface area contributed by atoms with Gasteiger partial charge >= 0.3 is 0 Å². The lowest BCUT2D eigenvalue weighted by Crippen LogP contribution is -2.34. The van der Waals surface area contributed by atoms with Crippen LogP contribution in [0.3, 0.4) is 0 Å². The van der Waals surface area contributed by atoms with Gasteiger partial charge in [0.25, 0.3) is 11.8 Å². The summed E-state index contributed by atoms with van der Waals surface area (Å²) in [5.74, 6) is -3.00. The molecule has 0 spiro atoms. The summed E-state index contributed by atoms with van der Waals surface area (Å²) in [5.41, 5.74) is 3.16. The second-order valence-corrected chi connectivity index (χ2v) is 13.2. The lowest BCUT2D eigenvalue weighted by Gasteiger charge is -2.23. The maximum absolute atomic E-state index is 14.3. The van der Waals surface area contributed by atoms with Gasteiger partial charge < -0.3 is 25.4 Å². The van der Waals surface area contributed by atoms with Gasteiger partial charge in [0.1, 0.15) is 0 Å². The first-order chi connectivity index (χ1) is 21.1. The van der Waals surface area contributed by atoms with Gasteiger partial charge in [-0.25, -0.2) is 13.8 Å². The minimum absolute atomic E-state index is 0.111. The first-order valence-corrected chi connectivity index (χ1v) is 15.4. The quantitative estimate of drug-likeness (QED) is 0.181. The summed E-state index contributed by atoms with van der Waals surface area (Å²) in [4.78, 5) is 32.3. The zero-order valence-corrected chi connectivity index (χ0v) is 27.3. The van der Waals surface area contributed by atoms with Gasteiger partial charge in [-0.1, -0.05) is 80.4 Å². The molecule has 45 heavy (non-hydrogen) atoms. The van der Waals surface area contributed by atoms with E-state index >= 15 is 0 Å². The van der Waals surface area contributed by atoms with Crippen molar-refractivity contribution >= 4 is 63.4 Å². The fraction of sp³-hybridized carbons (Fsp3) is 0.364. The van der Waals surface area contributed by atoms with Crippen LogP contribution in [0.5, 0.6) is 0 Å². The van der Waals surface area contributed by atoms with Crippen LogP contribution in [0.15, 0.2) is 54.6 Å². The number of amides is 2. The number of aryl methyl sites for hydroxylation is 1. The van der Waals surface area contributed by atoms with Crippen molar-refractivity contribution in [1.82, 2.24) is 20.2 Å². The maximum atomic E-state index is 14.3. The highest BCUT2D eigenvalue weighted by Gasteiger charge is 2.39. The van der Waals surface area contributed by atoms with E-state index in [2.05, 4.69) is 16.0 Å². The number of anilines is 3. The molecule has 1 unspecified atom stereocenters. The number of fused-ring (bicyclic) bond motifs is 1. The highest BCUT2D eigenvalue weighted by Crippen LogP contribution is 2.38. The smallest absolute Gasteiger partial charge is 0.266 e. The molecule has 0 saturated carbocycles. The first-order valence-electron chi connectivity index (χ1n) is 14.7. The second-order valence-electron chi connectivity index (χ2n) is 12.4. The van der Waals surface area contributed by atoms with E-state index in [1.807, 2.05) is 58.0 Å². The van der Waals surface area contributed by atoms with Crippen LogP contribution >= 0.6 is 23.2 Å². The maximum Gasteiger partial charge on any atom is 0.266 e. The molecule has 2 heterocycles. The molecule has 0 bridgehead atoms. The number of imidazole rings is 1. The number of nitrogens with zero attached hydrogens (tertiary/aromatic N) is 3. The number of carbonyl (C=O) groups is 2. The van der Waals surface area contributed by atoms with E-state index in [0.29, 0.717) is 44.0 Å². The molecule has 3 N–H and O–H groups in total. The Bertz CT molecular complexity index is 1750. The van der Waals surface area contributed by atoms with Crippen molar-refractivity contribution in [3.8, 4) is 0 Å². The Morgan fingerprint density at radius 1 is 1.09 bits per heavy atom. The van der Waals surface area contributed by atoms with Crippen molar-refractivity contribution in [1.29, 1.82) is 0 Å². The monoisotopic (exact) mass is 656 g/mol. The molecule has 1 aliphatic rings. The summed E-state index contributed by atoms with van der Waals surface area (Å²) in [7, 11) is 1.77. The molecule has 2 amide bonds. The Kier molecular flexibility index (Phi) is 9.01. The molecule has 1 aliphatic heterocycles. The number of rotatable bonds is 8. The number of halogens is 4. The predicted octanol–water partition coefficient (Wildman–Crippen LogP) is 7.62. The highest BCUT2D eigenvalue weighted by molar-refractivity contribution is 6.39. The molecule has 0 aliphatic carbocycles. The van der Waals surface area contributed by atoms with Crippen molar-refractivity contribution in [3.05, 3.63) is 81.3 Å². The van der Waals surface area contributed by atoms with Gasteiger partial charge in [0.05, 0.1) is 50.6 Å². The van der Waals surface area contributed by atoms with Crippen LogP contribution in [0.4, 0.5) is 26.1 Å². The van der Waals surface area contributed by atoms with Crippen LogP contribution in [0.1, 0.15) is 61.6 Å². The molecule has 4 aromatic rings. The summed E-state index contributed by atoms with van der Waals surface area (Å²) in [5, 5.41) is 9.76. The van der Waals surface area contributed by atoms with Crippen molar-refractivity contribution in [2.24, 2.45) is 12.5 Å². The molecule has 12 heteroatoms. The van der Waals surface area contributed by atoms with E-state index in [-0.39, 0.29) is 37.0 Å². The molecule has 1 atom stereocenters. The summed E-state index contributed by atoms with van der Waals surface area (Å²) in [6, 6.07) is 16.0. The van der Waals surface area contributed by atoms with Gasteiger partial charge in [-0.05, 0) is 36.2 Å². The first kappa shape index (κ1) is 32.5. The van der Waals surface area contributed by atoms with E-state index < -0.39 is 23.8 Å². The zero-order chi connectivity index (χ0) is 32.7. The van der Waals surface area contributed by atoms with Crippen LogP contribution < -0.4 is 20.9 Å². The van der Waals surface area contributed by atoms with Gasteiger partial charge in [-0.2, -0.15) is 0 Å². The van der Waals surface area contributed by atoms with Crippen molar-refractivity contribution < 1.29 is 18.4 Å². The van der Waals surface area contributed by atoms with Crippen molar-refractivity contribution in [3.63, 3.8) is 0 Å². The van der Waals surface area contributed by atoms with E-state index in [1.54, 1.807) is 40.8 Å². The number of alkyl halides is 2. The van der Waals surface area contributed by atoms with E-state index in [4.69, 9.17) is 28.2 Å². The van der Waals surface area contributed by atoms with Crippen LogP contribution in [-0.2, 0) is 18.4 Å². The topological polar surface area (TPSA) is 91.3 Å². The minimum atomic E-state index is -2.86. The Balaban J connectivity index is 1.50. The molecule has 238 valence electrons. The molecular formula is C33H36Cl2F2N6O2. The Morgan fingerprint density at radius 2 is 1.80 bits per heavy atom. The van der Waals surface area contributed by atoms with Gasteiger partial charge in [-0.3, -0.25) is 9.59 Å². The summed E-state index contributed by atoms with van der Waals surface area (Å²) in [6.07, 6.45) is -0.297. The number of nitrogens with one attached hydrogen (secondary N) is 3. The molecule has 5 rings (SSSR count). The van der Waals surface area contributed by atoms with E-state index in [9.17, 15) is 18.4 Å². The van der Waals surface area contributed by atoms with Gasteiger partial charge in [0.2, 0.25) is 11.9 Å². The van der Waals surface area contributed by atoms with E-state index in [0.717, 1.165) is 5.56 Å². The van der Waals surface area contributed by atoms with Crippen LogP contribution in [0, 0.1) is 5.41 Å². The number of carbonyl (C=O) groups excluding carboxylic acids is 2. The second kappa shape index (κ2) is 12.5. The number of hydrogen-bond donors (Lipinski definition) is 3. The molecule has 1 fully saturated rings. The molecule has 3 aromatic carbocycles. The van der Waals surface area contributed by atoms with Crippen LogP contribution in [-0.4, -0.2) is 40.4 Å². The fourth-order valence-electron chi connectivity index (χ4n) is 5.22. The lowest BCUT2D eigenvalue weighted by molar-refractivity contribution is -0.128. The lowest BCUT2D eigenvalue weighted by atomic mass is 9.95. The van der Waals surface area contributed by atoms with Gasteiger partial charge in [0, 0.05) is 32.0 Å². The van der Waals surface area contributed by atoms with Gasteiger partial charge in [0.15, 0.2) is 0 Å². The largest absolute Gasteiger partial charge is 0.365 e. The number of hydrogen-bond acceptors (Lipinski definition) is 5. The van der Waals surface area contributed by atoms with Gasteiger partial charge in [-0.15, -0.1) is 0 Å². The zero-order valence-electron chi connectivity index (χ0n) is 25.8. The highest BCUT2D eigenvalue weighted by atomic mass is 35.5. The SMILES string of the molecule is CC(NC(=O)c1cc2nc(Nc3c(Cl)ccc(CNC(=O)C(C)(C)C)c3Cl)n(C)c2cc1N1CCC(F)(F)C1)c1ccccc1. The summed E-state index contributed by atoms with van der Waals surface area (Å²) in [6.45, 7) is 7.17. The Labute approximate surface area is 271 Å². The predicted molar refractivity (Wildman–Crippen MR) is 176 cm³/mol. The average molecular weight is 658 g/mol. The average Bonchev–Trinajstić information content (AvgIpc) is 3.51. The molecule has 1 aromatic heterocycles. The van der Waals surface area contributed by atoms with Crippen LogP contribution in [0.2, 0.25) is 10.0 Å². The third kappa shape index (κ3) is 7.02. The molecular weight excluding hydrogens is 621 g/mol. The minimum Gasteiger partial charge on any atom is -0.365 e. The molecule has 8 nitrogen and oxygen atoms in total. The van der Waals surface area contributed by atoms with Crippen molar-refractivity contribution in [2.45, 2.75) is 52.6 Å². The Morgan fingerprint density at radius 3 is 2.44 bits per heavy atom. The summed E-state index contributed by atoms with van der Waals surface area (Å²) >= 11 is 13.3. The van der Waals surface area contributed by atoms with Crippen LogP contribution in [0.25, 0.3) is 11.0 Å². The third-order valence-corrected chi connectivity index (χ3v) is 8.68. The van der Waals surface area contributed by atoms with E-state index in [1.165, 1.54) is 0 Å². The van der Waals surface area contributed by atoms with Crippen molar-refractivity contribution in [2.75, 3.05) is 23.3 Å². The fourth-order valence-corrected chi connectivity index (χ4v) is 5.75. The number of aromatic nitrogens is 2. The Hall–Kier alpha value is -3.89. The standard InChI is InChI=1S/C33H36Cl2F2N6O2/c1-19(20-9-7-6-8-10-20)39-29(44)22-15-24-26(16-25(22)43-14-13-33(36,37)18-43)42(5)31(40-24)41-28-23(34)12-11-21(27(28)35)17-38-30(45)32(2,3)4/h6-12,15-16,19H,13-14,17-18H2,1-5H3,(H,38,45)(H,39,44)(H,40,41).